The van der Waals surface area contributed by atoms with E-state index in [0.29, 0.717) is 73.3 Å². The van der Waals surface area contributed by atoms with E-state index in [1.807, 2.05) is 216 Å². The molecule has 0 bridgehead atoms. The van der Waals surface area contributed by atoms with Crippen molar-refractivity contribution >= 4 is 53.5 Å². The number of hydrogen-bond donors (Lipinski definition) is 5. The minimum absolute atomic E-state index is 0. The molecule has 14 aromatic rings. The van der Waals surface area contributed by atoms with Crippen LogP contribution in [-0.4, -0.2) is 65.2 Å². The maximum absolute atomic E-state index is 12.8. The Balaban J connectivity index is 0.000000147. The van der Waals surface area contributed by atoms with Crippen LogP contribution in [0.1, 0.15) is 314 Å². The van der Waals surface area contributed by atoms with Crippen LogP contribution in [0, 0.1) is 33.8 Å². The van der Waals surface area contributed by atoms with Crippen LogP contribution in [0.25, 0.3) is 52.0 Å². The largest absolute Gasteiger partial charge is 2.00 e. The molecular formula is C130H141N11O6W. The number of aryl methyl sites for hydroxylation is 9. The van der Waals surface area contributed by atoms with Crippen LogP contribution in [0.3, 0.4) is 0 Å². The van der Waals surface area contributed by atoms with Gasteiger partial charge in [-0.1, -0.05) is 256 Å². The molecule has 5 N–H and O–H groups in total. The van der Waals surface area contributed by atoms with Gasteiger partial charge in [0, 0.05) is 73.4 Å². The Bertz CT molecular complexity index is 7090. The summed E-state index contributed by atoms with van der Waals surface area (Å²) in [4.78, 5) is 102. The van der Waals surface area contributed by atoms with Crippen molar-refractivity contribution in [1.82, 2.24) is 56.5 Å². The molecule has 18 heteroatoms. The average Bonchev–Trinajstić information content (AvgIpc) is 1.37. The summed E-state index contributed by atoms with van der Waals surface area (Å²) in [7, 11) is 0. The van der Waals surface area contributed by atoms with E-state index in [9.17, 15) is 28.8 Å². The molecule has 0 spiro atoms. The maximum atomic E-state index is 12.8. The molecule has 0 aliphatic heterocycles. The van der Waals surface area contributed by atoms with Crippen LogP contribution in [-0.2, 0) is 157 Å². The first-order chi connectivity index (χ1) is 71.9. The molecule has 0 fully saturated rings. The zero-order valence-corrected chi connectivity index (χ0v) is 91.2. The number of aromatic nitrogens is 6. The van der Waals surface area contributed by atoms with Crippen LogP contribution in [0.2, 0.25) is 0 Å². The number of carbonyl (C=O) groups is 6. The van der Waals surface area contributed by atoms with Crippen molar-refractivity contribution in [3.05, 3.63) is 447 Å². The van der Waals surface area contributed by atoms with Gasteiger partial charge in [0.05, 0.1) is 17.1 Å². The zero-order valence-electron chi connectivity index (χ0n) is 88.2. The van der Waals surface area contributed by atoms with Crippen molar-refractivity contribution in [2.24, 2.45) is 0 Å². The first kappa shape index (κ1) is 111. The van der Waals surface area contributed by atoms with Gasteiger partial charge >= 0.3 is 21.1 Å². The number of nitrogens with zero attached hydrogens (tertiary/aromatic N) is 6. The predicted molar refractivity (Wildman–Crippen MR) is 598 cm³/mol. The number of allylic oxidation sites excluding steroid dienone is 3. The molecule has 5 amide bonds. The Morgan fingerprint density at radius 2 is 0.568 bits per heavy atom. The van der Waals surface area contributed by atoms with E-state index in [0.717, 1.165) is 200 Å². The minimum Gasteiger partial charge on any atom is -0.349 e. The Kier molecular flexibility index (Phi) is 41.5. The second-order valence-corrected chi connectivity index (χ2v) is 37.2. The van der Waals surface area contributed by atoms with Crippen molar-refractivity contribution in [3.8, 4) is 33.8 Å². The standard InChI is InChI=1S/C25H22N2O.C24H22N2O.2C20H20N2O.C17H18N2O.C16H15NO.4C2H6.W/c28-25(26-16-17-12-13-18-8-4-9-20(18)14-17)23-15-21-10-5-11-22(21)24(27-23)19-6-2-1-3-7-19;1-2-17-8-6-9-18(14-17)16-25-24(27)22-15-20-12-7-13-21(20)23(26-22)19-10-4-3-5-11-19;2*1-13-18-7-3-6-17(18)11-19(22-13)20(23)21-12-14-8-9-15-4-2-5-16(15)10-14;1-12-15-9-5-8-14(15)10-16(19-12)17(20)18-11-13-6-3-2-4-7-13;1-11(18)15-10-13-8-5-9-14(13)16(17-15)12-6-3-2-4-7-12;4*1-2;/h1-4,6-7,9,12-15H,5,8,10-11,16H2,(H,26,28);3-6,9-11,14-15H,1-2,7,12-13,16H2,(H,25,27);2,5,8-11H,3-4,6-7,12H2,1H3,(H,21,23);2,4,8-11H,3,5-7,12H2,1H3,(H,21,23);2-4,6-7,10H,5,8-9,11H2,1H3,(H,18,20);2-4,6-7,10H,5,8-9H2,1H3;4*1-2H3;/q;-2;;;;;;;;;+2. The van der Waals surface area contributed by atoms with E-state index < -0.39 is 0 Å². The Morgan fingerprint density at radius 1 is 0.284 bits per heavy atom. The predicted octanol–water partition coefficient (Wildman–Crippen LogP) is 26.2. The van der Waals surface area contributed by atoms with Gasteiger partial charge in [-0.15, -0.1) is 5.56 Å². The van der Waals surface area contributed by atoms with E-state index in [1.54, 1.807) is 6.92 Å². The van der Waals surface area contributed by atoms with Gasteiger partial charge in [-0.25, -0.2) is 29.9 Å². The fraction of sp³-hybridized carbons (Fsp3) is 0.300. The van der Waals surface area contributed by atoms with E-state index in [2.05, 4.69) is 187 Å². The third-order valence-corrected chi connectivity index (χ3v) is 27.7. The fourth-order valence-corrected chi connectivity index (χ4v) is 20.4. The molecule has 0 saturated heterocycles. The van der Waals surface area contributed by atoms with Gasteiger partial charge < -0.3 is 33.5 Å². The zero-order chi connectivity index (χ0) is 104. The summed E-state index contributed by atoms with van der Waals surface area (Å²) >= 11 is 0. The van der Waals surface area contributed by atoms with Crippen LogP contribution in [0.15, 0.2) is 249 Å². The fourth-order valence-electron chi connectivity index (χ4n) is 20.4. The third kappa shape index (κ3) is 28.7. The summed E-state index contributed by atoms with van der Waals surface area (Å²) < 4.78 is 0. The molecular weight excluding hydrogens is 2000 g/mol. The number of pyridine rings is 6. The summed E-state index contributed by atoms with van der Waals surface area (Å²) in [6.45, 7) is 30.1. The van der Waals surface area contributed by atoms with Gasteiger partial charge in [-0.05, 0) is 327 Å². The van der Waals surface area contributed by atoms with Gasteiger partial charge in [0.25, 0.3) is 29.5 Å². The molecule has 8 aromatic carbocycles. The number of rotatable bonds is 20. The van der Waals surface area contributed by atoms with Crippen LogP contribution < -0.4 is 26.6 Å². The summed E-state index contributed by atoms with van der Waals surface area (Å²) in [5, 5.41) is 15.0. The number of hydrogen-bond acceptors (Lipinski definition) is 12. The van der Waals surface area contributed by atoms with Crippen molar-refractivity contribution in [2.75, 3.05) is 0 Å². The number of carbonyl (C=O) groups excluding carboxylic acids is 6. The van der Waals surface area contributed by atoms with Gasteiger partial charge in [0.2, 0.25) is 0 Å². The van der Waals surface area contributed by atoms with Crippen molar-refractivity contribution in [2.45, 2.75) is 257 Å². The number of Topliss-reactive ketones (excluding diaryl/α,β-unsaturated/α-hetero) is 1. The number of fused-ring (bicyclic) bond motifs is 9. The minimum atomic E-state index is -0.133. The molecule has 148 heavy (non-hydrogen) atoms. The number of nitrogens with one attached hydrogen (secondary N) is 5. The molecule has 23 rings (SSSR count). The molecule has 9 aliphatic rings. The Labute approximate surface area is 891 Å². The van der Waals surface area contributed by atoms with Gasteiger partial charge in [0.1, 0.15) is 34.2 Å². The average molecular weight is 2140 g/mol. The van der Waals surface area contributed by atoms with Crippen LogP contribution >= 0.6 is 0 Å². The molecule has 9 aliphatic carbocycles. The first-order valence-corrected chi connectivity index (χ1v) is 53.3. The maximum Gasteiger partial charge on any atom is 2.00 e. The normalized spacial score (nSPS) is 13.1. The molecule has 6 heterocycles. The van der Waals surface area contributed by atoms with Gasteiger partial charge in [0.15, 0.2) is 5.78 Å². The van der Waals surface area contributed by atoms with Crippen molar-refractivity contribution in [1.29, 1.82) is 0 Å². The summed E-state index contributed by atoms with van der Waals surface area (Å²) in [5.74, 6) is -0.456. The molecule has 0 saturated carbocycles. The van der Waals surface area contributed by atoms with Gasteiger partial charge in [-0.3, -0.25) is 28.8 Å². The number of benzene rings is 8. The summed E-state index contributed by atoms with van der Waals surface area (Å²) in [6.07, 6.45) is 36.3. The topological polar surface area (TPSA) is 240 Å². The molecule has 0 atom stereocenters. The first-order valence-electron chi connectivity index (χ1n) is 53.3. The smallest absolute Gasteiger partial charge is 0.349 e. The number of amides is 5. The second kappa shape index (κ2) is 55.4. The van der Waals surface area contributed by atoms with E-state index >= 15 is 0 Å². The molecule has 758 valence electrons. The molecule has 17 nitrogen and oxygen atoms in total. The Hall–Kier alpha value is -14.4. The van der Waals surface area contributed by atoms with Crippen LogP contribution in [0.5, 0.6) is 0 Å². The SMILES string of the molecule is CC.CC.CC.CC.CC(=O)c1cc2c(c(-c3ccccc3)n1)CCC2.Cc1nc(C(=O)NCc2ccc3c(c2)C=CC3)cc2c1CCC2.Cc1nc(C(=O)NCc2ccc3c(c2)CC=C3)cc2c1CCC2.Cc1nc(C(=O)NCc2ccccc2)cc2c1CCC2.O=C(NCc1ccc2c(c1)C=CC2)c1cc2c(c(-c3ccccc3)n1)CCC2.[CH2-]Cc1[c-]ccc(CNC(=O)c2cc3c(c(-c4ccccc4)n2)CCC3)c1.[W+2]. The second-order valence-electron chi connectivity index (χ2n) is 37.2. The van der Waals surface area contributed by atoms with Crippen molar-refractivity contribution in [3.63, 3.8) is 0 Å². The molecule has 0 radical (unpaired) electrons. The van der Waals surface area contributed by atoms with E-state index in [1.165, 1.54) is 119 Å². The van der Waals surface area contributed by atoms with E-state index in [4.69, 9.17) is 9.97 Å². The Morgan fingerprint density at radius 3 is 0.919 bits per heavy atom. The number of ketones is 1. The monoisotopic (exact) mass is 2140 g/mol. The quantitative estimate of drug-likeness (QED) is 0.0354. The summed E-state index contributed by atoms with van der Waals surface area (Å²) in [5.41, 5.74) is 42.5. The molecule has 6 aromatic heterocycles. The summed E-state index contributed by atoms with van der Waals surface area (Å²) in [6, 6.07) is 80.4. The van der Waals surface area contributed by atoms with Crippen molar-refractivity contribution < 1.29 is 49.8 Å². The molecule has 0 unspecified atom stereocenters. The van der Waals surface area contributed by atoms with E-state index in [-0.39, 0.29) is 56.4 Å². The van der Waals surface area contributed by atoms with Gasteiger partial charge in [-0.2, -0.15) is 36.2 Å². The van der Waals surface area contributed by atoms with Crippen LogP contribution in [0.4, 0.5) is 0 Å². The third-order valence-electron chi connectivity index (χ3n) is 27.7.